The predicted molar refractivity (Wildman–Crippen MR) is 72.6 cm³/mol. The molecule has 1 N–H and O–H groups in total. The topological polar surface area (TPSA) is 21.3 Å². The lowest BCUT2D eigenvalue weighted by molar-refractivity contribution is 0.306. The molecule has 0 radical (unpaired) electrons. The fraction of sp³-hybridized carbons (Fsp3) is 0.538. The Morgan fingerprint density at radius 3 is 2.56 bits per heavy atom. The Hall–Kier alpha value is -0.670. The van der Waals surface area contributed by atoms with E-state index >= 15 is 0 Å². The average molecular weight is 239 g/mol. The van der Waals surface area contributed by atoms with Crippen LogP contribution in [0.2, 0.25) is 0 Å². The summed E-state index contributed by atoms with van der Waals surface area (Å²) in [7, 11) is 0. The minimum atomic E-state index is 0.797. The molecule has 16 heavy (non-hydrogen) atoms. The van der Waals surface area contributed by atoms with Gasteiger partial charge in [0, 0.05) is 12.3 Å². The molecule has 0 spiro atoms. The molecule has 0 saturated carbocycles. The summed E-state index contributed by atoms with van der Waals surface area (Å²) in [4.78, 5) is 0. The van der Waals surface area contributed by atoms with Crippen LogP contribution in [0.4, 0.5) is 0 Å². The Morgan fingerprint density at radius 1 is 1.12 bits per heavy atom. The summed E-state index contributed by atoms with van der Waals surface area (Å²) in [6.07, 6.45) is 2.24. The van der Waals surface area contributed by atoms with E-state index in [4.69, 9.17) is 4.74 Å². The van der Waals surface area contributed by atoms with Gasteiger partial charge in [-0.15, -0.1) is 0 Å². The first-order valence-electron chi connectivity index (χ1n) is 5.84. The SMILES string of the molecule is Cc1ccc(OCCCCNCCS)cc1. The minimum Gasteiger partial charge on any atom is -0.494 e. The first kappa shape index (κ1) is 13.4. The van der Waals surface area contributed by atoms with Gasteiger partial charge in [0.05, 0.1) is 6.61 Å². The van der Waals surface area contributed by atoms with Crippen LogP contribution in [0.5, 0.6) is 5.75 Å². The van der Waals surface area contributed by atoms with Gasteiger partial charge < -0.3 is 10.1 Å². The second-order valence-electron chi connectivity index (χ2n) is 3.84. The molecule has 3 heteroatoms. The van der Waals surface area contributed by atoms with Crippen LogP contribution in [-0.4, -0.2) is 25.4 Å². The third-order valence-electron chi connectivity index (χ3n) is 2.33. The van der Waals surface area contributed by atoms with Crippen molar-refractivity contribution >= 4 is 12.6 Å². The first-order chi connectivity index (χ1) is 7.83. The third kappa shape index (κ3) is 6.03. The fourth-order valence-electron chi connectivity index (χ4n) is 1.38. The smallest absolute Gasteiger partial charge is 0.119 e. The highest BCUT2D eigenvalue weighted by Crippen LogP contribution is 2.11. The molecule has 0 amide bonds. The average Bonchev–Trinajstić information content (AvgIpc) is 2.30. The van der Waals surface area contributed by atoms with Crippen molar-refractivity contribution in [2.45, 2.75) is 19.8 Å². The van der Waals surface area contributed by atoms with Crippen molar-refractivity contribution in [3.8, 4) is 5.75 Å². The van der Waals surface area contributed by atoms with E-state index in [0.717, 1.165) is 44.0 Å². The van der Waals surface area contributed by atoms with Crippen LogP contribution in [0.15, 0.2) is 24.3 Å². The lowest BCUT2D eigenvalue weighted by atomic mass is 10.2. The molecule has 0 saturated heterocycles. The summed E-state index contributed by atoms with van der Waals surface area (Å²) in [5, 5.41) is 3.31. The van der Waals surface area contributed by atoms with E-state index in [-0.39, 0.29) is 0 Å². The molecule has 2 nitrogen and oxygen atoms in total. The van der Waals surface area contributed by atoms with Crippen LogP contribution in [0.1, 0.15) is 18.4 Å². The maximum atomic E-state index is 5.62. The van der Waals surface area contributed by atoms with E-state index in [2.05, 4.69) is 37.0 Å². The summed E-state index contributed by atoms with van der Waals surface area (Å²) >= 11 is 4.13. The second-order valence-corrected chi connectivity index (χ2v) is 4.29. The van der Waals surface area contributed by atoms with Crippen LogP contribution in [0.25, 0.3) is 0 Å². The number of hydrogen-bond donors (Lipinski definition) is 2. The van der Waals surface area contributed by atoms with Gasteiger partial charge in [0.25, 0.3) is 0 Å². The van der Waals surface area contributed by atoms with Crippen LogP contribution < -0.4 is 10.1 Å². The number of thiol groups is 1. The van der Waals surface area contributed by atoms with Crippen molar-refractivity contribution in [1.29, 1.82) is 0 Å². The molecule has 1 rings (SSSR count). The molecular weight excluding hydrogens is 218 g/mol. The van der Waals surface area contributed by atoms with E-state index in [1.54, 1.807) is 0 Å². The van der Waals surface area contributed by atoms with E-state index in [1.165, 1.54) is 5.56 Å². The van der Waals surface area contributed by atoms with Gasteiger partial charge in [0.15, 0.2) is 0 Å². The van der Waals surface area contributed by atoms with Crippen molar-refractivity contribution in [3.63, 3.8) is 0 Å². The van der Waals surface area contributed by atoms with Crippen molar-refractivity contribution < 1.29 is 4.74 Å². The number of rotatable bonds is 8. The van der Waals surface area contributed by atoms with Crippen molar-refractivity contribution in [3.05, 3.63) is 29.8 Å². The van der Waals surface area contributed by atoms with Gasteiger partial charge in [-0.25, -0.2) is 0 Å². The summed E-state index contributed by atoms with van der Waals surface area (Å²) in [6, 6.07) is 8.19. The van der Waals surface area contributed by atoms with Crippen LogP contribution >= 0.6 is 12.6 Å². The van der Waals surface area contributed by atoms with Gasteiger partial charge in [-0.05, 0) is 38.4 Å². The predicted octanol–water partition coefficient (Wildman–Crippen LogP) is 2.67. The van der Waals surface area contributed by atoms with E-state index < -0.39 is 0 Å². The van der Waals surface area contributed by atoms with E-state index in [9.17, 15) is 0 Å². The number of benzene rings is 1. The maximum absolute atomic E-state index is 5.62. The van der Waals surface area contributed by atoms with Gasteiger partial charge in [-0.2, -0.15) is 12.6 Å². The van der Waals surface area contributed by atoms with Crippen LogP contribution in [0.3, 0.4) is 0 Å². The minimum absolute atomic E-state index is 0.797. The quantitative estimate of drug-likeness (QED) is 0.537. The molecule has 0 aliphatic heterocycles. The summed E-state index contributed by atoms with van der Waals surface area (Å²) in [5.74, 6) is 1.87. The highest BCUT2D eigenvalue weighted by Gasteiger charge is 1.93. The van der Waals surface area contributed by atoms with Crippen molar-refractivity contribution in [2.75, 3.05) is 25.4 Å². The Balaban J connectivity index is 2.01. The summed E-state index contributed by atoms with van der Waals surface area (Å²) < 4.78 is 5.62. The van der Waals surface area contributed by atoms with Crippen molar-refractivity contribution in [1.82, 2.24) is 5.32 Å². The first-order valence-corrected chi connectivity index (χ1v) is 6.47. The molecule has 0 heterocycles. The fourth-order valence-corrected chi connectivity index (χ4v) is 1.54. The molecule has 0 atom stereocenters. The maximum Gasteiger partial charge on any atom is 0.119 e. The summed E-state index contributed by atoms with van der Waals surface area (Å²) in [5.41, 5.74) is 1.27. The molecule has 0 aliphatic rings. The van der Waals surface area contributed by atoms with Crippen molar-refractivity contribution in [2.24, 2.45) is 0 Å². The monoisotopic (exact) mass is 239 g/mol. The standard InChI is InChI=1S/C13H21NOS/c1-12-4-6-13(7-5-12)15-10-3-2-8-14-9-11-16/h4-7,14,16H,2-3,8-11H2,1H3. The molecule has 90 valence electrons. The van der Waals surface area contributed by atoms with Crippen LogP contribution in [0, 0.1) is 6.92 Å². The molecule has 0 aliphatic carbocycles. The molecule has 1 aromatic rings. The number of nitrogens with one attached hydrogen (secondary N) is 1. The zero-order chi connectivity index (χ0) is 11.6. The van der Waals surface area contributed by atoms with Gasteiger partial charge >= 0.3 is 0 Å². The van der Waals surface area contributed by atoms with Crippen LogP contribution in [-0.2, 0) is 0 Å². The second kappa shape index (κ2) is 8.48. The molecule has 0 fully saturated rings. The van der Waals surface area contributed by atoms with Gasteiger partial charge in [0.2, 0.25) is 0 Å². The molecule has 0 unspecified atom stereocenters. The van der Waals surface area contributed by atoms with Gasteiger partial charge in [-0.3, -0.25) is 0 Å². The van der Waals surface area contributed by atoms with Gasteiger partial charge in [0.1, 0.15) is 5.75 Å². The Kier molecular flexibility index (Phi) is 7.10. The van der Waals surface area contributed by atoms with Gasteiger partial charge in [-0.1, -0.05) is 17.7 Å². The molecule has 1 aromatic carbocycles. The zero-order valence-corrected chi connectivity index (χ0v) is 10.8. The lowest BCUT2D eigenvalue weighted by Crippen LogP contribution is -2.18. The highest BCUT2D eigenvalue weighted by molar-refractivity contribution is 7.80. The largest absolute Gasteiger partial charge is 0.494 e. The molecule has 0 bridgehead atoms. The summed E-state index contributed by atoms with van der Waals surface area (Å²) in [6.45, 7) is 4.92. The Labute approximate surface area is 104 Å². The molecular formula is C13H21NOS. The van der Waals surface area contributed by atoms with E-state index in [0.29, 0.717) is 0 Å². The Morgan fingerprint density at radius 2 is 1.88 bits per heavy atom. The number of ether oxygens (including phenoxy) is 1. The number of aryl methyl sites for hydroxylation is 1. The molecule has 0 aromatic heterocycles. The lowest BCUT2D eigenvalue weighted by Gasteiger charge is -2.06. The van der Waals surface area contributed by atoms with E-state index in [1.807, 2.05) is 12.1 Å². The normalized spacial score (nSPS) is 10.4. The third-order valence-corrected chi connectivity index (χ3v) is 2.55. The Bertz CT molecular complexity index is 274. The number of hydrogen-bond acceptors (Lipinski definition) is 3. The highest BCUT2D eigenvalue weighted by atomic mass is 32.1. The zero-order valence-electron chi connectivity index (χ0n) is 9.91. The number of unbranched alkanes of at least 4 members (excludes halogenated alkanes) is 1.